The molecule has 0 fully saturated rings. The Hall–Kier alpha value is -1.10. The van der Waals surface area contributed by atoms with Gasteiger partial charge >= 0.3 is 6.01 Å². The molecule has 1 rings (SSSR count). The molecule has 0 saturated carbocycles. The van der Waals surface area contributed by atoms with Crippen molar-refractivity contribution >= 4 is 17.5 Å². The molecule has 0 bridgehead atoms. The molecular weight excluding hydrogens is 204 g/mol. The van der Waals surface area contributed by atoms with E-state index in [1.54, 1.807) is 4.90 Å². The van der Waals surface area contributed by atoms with E-state index in [4.69, 9.17) is 16.3 Å². The van der Waals surface area contributed by atoms with Crippen LogP contribution in [0.1, 0.15) is 13.8 Å². The highest BCUT2D eigenvalue weighted by atomic mass is 35.5. The molecule has 5 nitrogen and oxygen atoms in total. The number of nitrogens with zero attached hydrogens (tertiary/aromatic N) is 4. The van der Waals surface area contributed by atoms with Gasteiger partial charge in [-0.05, 0) is 25.4 Å². The topological polar surface area (TPSA) is 51.1 Å². The molecule has 0 aliphatic carbocycles. The second kappa shape index (κ2) is 4.41. The molecule has 0 N–H and O–H groups in total. The molecule has 0 aromatic carbocycles. The van der Waals surface area contributed by atoms with Gasteiger partial charge in [0, 0.05) is 14.1 Å². The Kier molecular flexibility index (Phi) is 3.46. The van der Waals surface area contributed by atoms with E-state index in [1.807, 2.05) is 27.9 Å². The molecule has 0 atom stereocenters. The first-order chi connectivity index (χ1) is 6.49. The Morgan fingerprint density at radius 2 is 1.86 bits per heavy atom. The first-order valence-electron chi connectivity index (χ1n) is 4.24. The lowest BCUT2D eigenvalue weighted by molar-refractivity contribution is 0.221. The molecule has 0 aliphatic rings. The second-order valence-electron chi connectivity index (χ2n) is 3.25. The Balaban J connectivity index is 2.95. The summed E-state index contributed by atoms with van der Waals surface area (Å²) < 4.78 is 5.31. The fraction of sp³-hybridized carbons (Fsp3) is 0.625. The number of ether oxygens (including phenoxy) is 1. The normalized spacial score (nSPS) is 10.4. The van der Waals surface area contributed by atoms with Crippen molar-refractivity contribution in [2.75, 3.05) is 19.0 Å². The summed E-state index contributed by atoms with van der Waals surface area (Å²) >= 11 is 5.71. The molecule has 1 aromatic heterocycles. The number of rotatable bonds is 3. The summed E-state index contributed by atoms with van der Waals surface area (Å²) in [6.07, 6.45) is 0.0171. The maximum atomic E-state index is 5.71. The molecule has 1 heterocycles. The van der Waals surface area contributed by atoms with Crippen LogP contribution in [-0.4, -0.2) is 35.2 Å². The van der Waals surface area contributed by atoms with Crippen LogP contribution in [0.4, 0.5) is 5.95 Å². The highest BCUT2D eigenvalue weighted by Crippen LogP contribution is 2.13. The summed E-state index contributed by atoms with van der Waals surface area (Å²) in [5.74, 6) is 0.487. The van der Waals surface area contributed by atoms with E-state index in [9.17, 15) is 0 Å². The smallest absolute Gasteiger partial charge is 0.322 e. The standard InChI is InChI=1S/C8H13ClN4O/c1-5(2)14-8-11-6(9)10-7(12-8)13(3)4/h5H,1-4H3. The molecule has 14 heavy (non-hydrogen) atoms. The Bertz CT molecular complexity index is 316. The molecule has 78 valence electrons. The van der Waals surface area contributed by atoms with Crippen molar-refractivity contribution in [3.05, 3.63) is 5.28 Å². The van der Waals surface area contributed by atoms with E-state index in [0.717, 1.165) is 0 Å². The maximum absolute atomic E-state index is 5.71. The van der Waals surface area contributed by atoms with E-state index in [2.05, 4.69) is 15.0 Å². The first-order valence-corrected chi connectivity index (χ1v) is 4.62. The van der Waals surface area contributed by atoms with E-state index in [-0.39, 0.29) is 17.4 Å². The Labute approximate surface area is 88.1 Å². The monoisotopic (exact) mass is 216 g/mol. The summed E-state index contributed by atoms with van der Waals surface area (Å²) in [5.41, 5.74) is 0. The van der Waals surface area contributed by atoms with E-state index in [0.29, 0.717) is 5.95 Å². The summed E-state index contributed by atoms with van der Waals surface area (Å²) in [7, 11) is 3.65. The van der Waals surface area contributed by atoms with Crippen molar-refractivity contribution in [1.82, 2.24) is 15.0 Å². The van der Waals surface area contributed by atoms with Crippen LogP contribution < -0.4 is 9.64 Å². The molecule has 6 heteroatoms. The van der Waals surface area contributed by atoms with E-state index >= 15 is 0 Å². The predicted octanol–water partition coefficient (Wildman–Crippen LogP) is 1.38. The van der Waals surface area contributed by atoms with E-state index in [1.165, 1.54) is 0 Å². The average Bonchev–Trinajstić information content (AvgIpc) is 2.01. The lowest BCUT2D eigenvalue weighted by Gasteiger charge is -2.12. The SMILES string of the molecule is CC(C)Oc1nc(Cl)nc(N(C)C)n1. The van der Waals surface area contributed by atoms with Gasteiger partial charge in [-0.25, -0.2) is 0 Å². The van der Waals surface area contributed by atoms with Crippen LogP contribution in [0.2, 0.25) is 5.28 Å². The van der Waals surface area contributed by atoms with Gasteiger partial charge in [0.15, 0.2) is 0 Å². The number of halogens is 1. The van der Waals surface area contributed by atoms with Gasteiger partial charge < -0.3 is 9.64 Å². The fourth-order valence-electron chi connectivity index (χ4n) is 0.786. The zero-order chi connectivity index (χ0) is 10.7. The van der Waals surface area contributed by atoms with Crippen LogP contribution in [0.3, 0.4) is 0 Å². The number of anilines is 1. The predicted molar refractivity (Wildman–Crippen MR) is 54.9 cm³/mol. The summed E-state index contributed by atoms with van der Waals surface area (Å²) in [4.78, 5) is 13.6. The first kappa shape index (κ1) is 11.0. The largest absolute Gasteiger partial charge is 0.461 e. The average molecular weight is 217 g/mol. The van der Waals surface area contributed by atoms with Crippen molar-refractivity contribution in [2.24, 2.45) is 0 Å². The summed E-state index contributed by atoms with van der Waals surface area (Å²) in [6.45, 7) is 3.79. The van der Waals surface area contributed by atoms with Gasteiger partial charge in [0.25, 0.3) is 0 Å². The minimum absolute atomic E-state index is 0.0171. The zero-order valence-electron chi connectivity index (χ0n) is 8.65. The van der Waals surface area contributed by atoms with Crippen LogP contribution in [0.5, 0.6) is 6.01 Å². The summed E-state index contributed by atoms with van der Waals surface area (Å²) in [6, 6.07) is 0.253. The molecule has 0 radical (unpaired) electrons. The highest BCUT2D eigenvalue weighted by Gasteiger charge is 2.08. The second-order valence-corrected chi connectivity index (χ2v) is 3.59. The van der Waals surface area contributed by atoms with Crippen LogP contribution in [0.25, 0.3) is 0 Å². The maximum Gasteiger partial charge on any atom is 0.322 e. The molecule has 0 unspecified atom stereocenters. The summed E-state index contributed by atoms with van der Waals surface area (Å²) in [5, 5.41) is 0.138. The Morgan fingerprint density at radius 3 is 2.36 bits per heavy atom. The molecule has 0 aliphatic heterocycles. The van der Waals surface area contributed by atoms with Gasteiger partial charge in [0.05, 0.1) is 6.10 Å². The van der Waals surface area contributed by atoms with Gasteiger partial charge in [0.1, 0.15) is 0 Å². The van der Waals surface area contributed by atoms with E-state index < -0.39 is 0 Å². The lowest BCUT2D eigenvalue weighted by Crippen LogP contribution is -2.16. The molecule has 0 spiro atoms. The van der Waals surface area contributed by atoms with Crippen LogP contribution >= 0.6 is 11.6 Å². The van der Waals surface area contributed by atoms with Crippen molar-refractivity contribution in [1.29, 1.82) is 0 Å². The van der Waals surface area contributed by atoms with Crippen molar-refractivity contribution in [3.63, 3.8) is 0 Å². The van der Waals surface area contributed by atoms with Crippen LogP contribution in [0, 0.1) is 0 Å². The lowest BCUT2D eigenvalue weighted by atomic mass is 10.5. The number of aromatic nitrogens is 3. The van der Waals surface area contributed by atoms with Crippen LogP contribution in [0.15, 0.2) is 0 Å². The minimum Gasteiger partial charge on any atom is -0.461 e. The molecule has 0 saturated heterocycles. The Morgan fingerprint density at radius 1 is 1.21 bits per heavy atom. The van der Waals surface area contributed by atoms with Crippen molar-refractivity contribution < 1.29 is 4.74 Å². The quantitative estimate of drug-likeness (QED) is 0.764. The van der Waals surface area contributed by atoms with Gasteiger partial charge in [-0.3, -0.25) is 0 Å². The molecular formula is C8H13ClN4O. The van der Waals surface area contributed by atoms with Gasteiger partial charge in [-0.2, -0.15) is 15.0 Å². The third kappa shape index (κ3) is 2.99. The molecule has 1 aromatic rings. The minimum atomic E-state index is 0.0171. The highest BCUT2D eigenvalue weighted by molar-refractivity contribution is 6.28. The van der Waals surface area contributed by atoms with Crippen LogP contribution in [-0.2, 0) is 0 Å². The molecule has 0 amide bonds. The van der Waals surface area contributed by atoms with Crippen molar-refractivity contribution in [2.45, 2.75) is 20.0 Å². The number of hydrogen-bond donors (Lipinski definition) is 0. The number of hydrogen-bond acceptors (Lipinski definition) is 5. The van der Waals surface area contributed by atoms with Gasteiger partial charge in [-0.1, -0.05) is 0 Å². The van der Waals surface area contributed by atoms with Gasteiger partial charge in [-0.15, -0.1) is 0 Å². The third-order valence-corrected chi connectivity index (χ3v) is 1.49. The fourth-order valence-corrected chi connectivity index (χ4v) is 0.933. The third-order valence-electron chi connectivity index (χ3n) is 1.32. The zero-order valence-corrected chi connectivity index (χ0v) is 9.41. The van der Waals surface area contributed by atoms with Crippen molar-refractivity contribution in [3.8, 4) is 6.01 Å². The van der Waals surface area contributed by atoms with Gasteiger partial charge in [0.2, 0.25) is 11.2 Å².